The normalized spacial score (nSPS) is 10.4. The third kappa shape index (κ3) is 4.32. The van der Waals surface area contributed by atoms with E-state index in [4.69, 9.17) is 4.74 Å². The molecule has 6 heteroatoms. The lowest BCUT2D eigenvalue weighted by atomic mass is 10.3. The maximum Gasteiger partial charge on any atom is 0.321 e. The lowest BCUT2D eigenvalue weighted by Crippen LogP contribution is -2.34. The first-order chi connectivity index (χ1) is 10.2. The summed E-state index contributed by atoms with van der Waals surface area (Å²) in [6.07, 6.45) is 3.60. The molecule has 112 valence electrons. The van der Waals surface area contributed by atoms with E-state index in [1.807, 2.05) is 43.5 Å². The van der Waals surface area contributed by atoms with Crippen molar-refractivity contribution in [1.82, 2.24) is 14.7 Å². The predicted molar refractivity (Wildman–Crippen MR) is 81.7 cm³/mol. The summed E-state index contributed by atoms with van der Waals surface area (Å²) in [4.78, 5) is 13.6. The Morgan fingerprint density at radius 1 is 1.38 bits per heavy atom. The van der Waals surface area contributed by atoms with E-state index in [1.165, 1.54) is 0 Å². The number of anilines is 1. The zero-order valence-electron chi connectivity index (χ0n) is 12.3. The van der Waals surface area contributed by atoms with Gasteiger partial charge in [-0.1, -0.05) is 0 Å². The highest BCUT2D eigenvalue weighted by Gasteiger charge is 2.08. The van der Waals surface area contributed by atoms with Crippen molar-refractivity contribution in [3.63, 3.8) is 0 Å². The van der Waals surface area contributed by atoms with Crippen molar-refractivity contribution in [3.05, 3.63) is 42.7 Å². The lowest BCUT2D eigenvalue weighted by Gasteiger charge is -2.17. The molecule has 0 aliphatic carbocycles. The van der Waals surface area contributed by atoms with Crippen LogP contribution in [-0.4, -0.2) is 47.5 Å². The van der Waals surface area contributed by atoms with E-state index < -0.39 is 0 Å². The minimum Gasteiger partial charge on any atom is -0.380 e. The van der Waals surface area contributed by atoms with Gasteiger partial charge in [-0.15, -0.1) is 0 Å². The van der Waals surface area contributed by atoms with E-state index >= 15 is 0 Å². The van der Waals surface area contributed by atoms with E-state index in [0.717, 1.165) is 11.4 Å². The Morgan fingerprint density at radius 3 is 2.76 bits per heavy atom. The lowest BCUT2D eigenvalue weighted by molar-refractivity contribution is 0.128. The molecule has 0 bridgehead atoms. The van der Waals surface area contributed by atoms with Crippen LogP contribution in [0.1, 0.15) is 6.92 Å². The first-order valence-corrected chi connectivity index (χ1v) is 6.90. The van der Waals surface area contributed by atoms with E-state index in [1.54, 1.807) is 22.8 Å². The molecule has 1 aromatic carbocycles. The number of rotatable bonds is 6. The van der Waals surface area contributed by atoms with Gasteiger partial charge < -0.3 is 15.0 Å². The number of urea groups is 1. The molecule has 1 heterocycles. The van der Waals surface area contributed by atoms with Gasteiger partial charge in [0, 0.05) is 38.3 Å². The Morgan fingerprint density at radius 2 is 2.14 bits per heavy atom. The molecule has 2 rings (SSSR count). The van der Waals surface area contributed by atoms with Crippen LogP contribution in [0.2, 0.25) is 0 Å². The molecule has 0 saturated carbocycles. The Bertz CT molecular complexity index is 552. The number of benzene rings is 1. The van der Waals surface area contributed by atoms with E-state index in [0.29, 0.717) is 19.8 Å². The van der Waals surface area contributed by atoms with Crippen molar-refractivity contribution < 1.29 is 9.53 Å². The number of likely N-dealkylation sites (N-methyl/N-ethyl adjacent to an activating group) is 1. The molecule has 0 spiro atoms. The van der Waals surface area contributed by atoms with Crippen LogP contribution in [-0.2, 0) is 4.74 Å². The van der Waals surface area contributed by atoms with Crippen molar-refractivity contribution in [3.8, 4) is 5.69 Å². The van der Waals surface area contributed by atoms with E-state index in [-0.39, 0.29) is 6.03 Å². The first-order valence-electron chi connectivity index (χ1n) is 6.90. The number of ether oxygens (including phenoxy) is 1. The minimum atomic E-state index is -0.151. The van der Waals surface area contributed by atoms with Crippen LogP contribution in [0.15, 0.2) is 42.7 Å². The molecule has 21 heavy (non-hydrogen) atoms. The molecular weight excluding hydrogens is 268 g/mol. The summed E-state index contributed by atoms with van der Waals surface area (Å²) in [6.45, 7) is 3.69. The number of carbonyl (C=O) groups is 1. The van der Waals surface area contributed by atoms with Crippen molar-refractivity contribution in [2.45, 2.75) is 6.92 Å². The number of carbonyl (C=O) groups excluding carboxylic acids is 1. The van der Waals surface area contributed by atoms with Gasteiger partial charge in [0.15, 0.2) is 0 Å². The van der Waals surface area contributed by atoms with Crippen molar-refractivity contribution in [2.24, 2.45) is 0 Å². The van der Waals surface area contributed by atoms with Gasteiger partial charge >= 0.3 is 6.03 Å². The Kier molecular flexibility index (Phi) is 5.34. The van der Waals surface area contributed by atoms with Crippen LogP contribution < -0.4 is 5.32 Å². The van der Waals surface area contributed by atoms with Crippen molar-refractivity contribution in [2.75, 3.05) is 32.1 Å². The number of hydrogen-bond donors (Lipinski definition) is 1. The maximum absolute atomic E-state index is 12.0. The standard InChI is InChI=1S/C15H20N4O2/c1-3-21-12-11-18(2)15(20)17-13-5-7-14(8-6-13)19-10-4-9-16-19/h4-10H,3,11-12H2,1-2H3,(H,17,20). The van der Waals surface area contributed by atoms with Crippen LogP contribution in [0.4, 0.5) is 10.5 Å². The fraction of sp³-hybridized carbons (Fsp3) is 0.333. The molecule has 0 aliphatic heterocycles. The monoisotopic (exact) mass is 288 g/mol. The van der Waals surface area contributed by atoms with Gasteiger partial charge in [0.25, 0.3) is 0 Å². The average Bonchev–Trinajstić information content (AvgIpc) is 3.02. The number of nitrogens with zero attached hydrogens (tertiary/aromatic N) is 3. The van der Waals surface area contributed by atoms with Crippen LogP contribution in [0.3, 0.4) is 0 Å². The van der Waals surface area contributed by atoms with Gasteiger partial charge in [-0.3, -0.25) is 0 Å². The highest BCUT2D eigenvalue weighted by molar-refractivity contribution is 5.89. The Balaban J connectivity index is 1.89. The van der Waals surface area contributed by atoms with E-state index in [2.05, 4.69) is 10.4 Å². The molecule has 0 radical (unpaired) electrons. The summed E-state index contributed by atoms with van der Waals surface area (Å²) in [5, 5.41) is 7.00. The highest BCUT2D eigenvalue weighted by atomic mass is 16.5. The molecule has 2 amide bonds. The summed E-state index contributed by atoms with van der Waals surface area (Å²) < 4.78 is 6.99. The quantitative estimate of drug-likeness (QED) is 0.830. The maximum atomic E-state index is 12.0. The average molecular weight is 288 g/mol. The molecule has 6 nitrogen and oxygen atoms in total. The summed E-state index contributed by atoms with van der Waals surface area (Å²) in [5.74, 6) is 0. The molecule has 0 saturated heterocycles. The van der Waals surface area contributed by atoms with Gasteiger partial charge in [0.1, 0.15) is 0 Å². The van der Waals surface area contributed by atoms with Crippen LogP contribution in [0.5, 0.6) is 0 Å². The van der Waals surface area contributed by atoms with Crippen molar-refractivity contribution in [1.29, 1.82) is 0 Å². The Hall–Kier alpha value is -2.34. The molecular formula is C15H20N4O2. The molecule has 2 aromatic rings. The fourth-order valence-corrected chi connectivity index (χ4v) is 1.79. The van der Waals surface area contributed by atoms with Crippen LogP contribution >= 0.6 is 0 Å². The van der Waals surface area contributed by atoms with Gasteiger partial charge in [-0.25, -0.2) is 9.48 Å². The molecule has 0 aliphatic rings. The number of nitrogens with one attached hydrogen (secondary N) is 1. The smallest absolute Gasteiger partial charge is 0.321 e. The second-order valence-corrected chi connectivity index (χ2v) is 4.55. The summed E-state index contributed by atoms with van der Waals surface area (Å²) in [7, 11) is 1.74. The summed E-state index contributed by atoms with van der Waals surface area (Å²) >= 11 is 0. The second-order valence-electron chi connectivity index (χ2n) is 4.55. The minimum absolute atomic E-state index is 0.151. The molecule has 1 aromatic heterocycles. The number of aromatic nitrogens is 2. The Labute approximate surface area is 124 Å². The fourth-order valence-electron chi connectivity index (χ4n) is 1.79. The summed E-state index contributed by atoms with van der Waals surface area (Å²) in [6, 6.07) is 9.23. The highest BCUT2D eigenvalue weighted by Crippen LogP contribution is 2.12. The first kappa shape index (κ1) is 15.1. The van der Waals surface area contributed by atoms with Crippen molar-refractivity contribution >= 4 is 11.7 Å². The third-order valence-electron chi connectivity index (χ3n) is 3.01. The van der Waals surface area contributed by atoms with Gasteiger partial charge in [-0.05, 0) is 37.3 Å². The van der Waals surface area contributed by atoms with Gasteiger partial charge in [-0.2, -0.15) is 5.10 Å². The molecule has 0 atom stereocenters. The molecule has 0 fully saturated rings. The molecule has 1 N–H and O–H groups in total. The zero-order valence-corrected chi connectivity index (χ0v) is 12.3. The number of amides is 2. The largest absolute Gasteiger partial charge is 0.380 e. The topological polar surface area (TPSA) is 59.4 Å². The zero-order chi connectivity index (χ0) is 15.1. The van der Waals surface area contributed by atoms with Crippen LogP contribution in [0, 0.1) is 0 Å². The molecule has 0 unspecified atom stereocenters. The van der Waals surface area contributed by atoms with Gasteiger partial charge in [0.2, 0.25) is 0 Å². The van der Waals surface area contributed by atoms with Gasteiger partial charge in [0.05, 0.1) is 12.3 Å². The van der Waals surface area contributed by atoms with Crippen LogP contribution in [0.25, 0.3) is 5.69 Å². The third-order valence-corrected chi connectivity index (χ3v) is 3.01. The van der Waals surface area contributed by atoms with E-state index in [9.17, 15) is 4.79 Å². The predicted octanol–water partition coefficient (Wildman–Crippen LogP) is 2.37. The SMILES string of the molecule is CCOCCN(C)C(=O)Nc1ccc(-n2cccn2)cc1. The second kappa shape index (κ2) is 7.44. The summed E-state index contributed by atoms with van der Waals surface area (Å²) in [5.41, 5.74) is 1.70. The number of hydrogen-bond acceptors (Lipinski definition) is 3.